The number of benzene rings is 1. The van der Waals surface area contributed by atoms with Crippen molar-refractivity contribution in [2.75, 3.05) is 6.54 Å². The van der Waals surface area contributed by atoms with Crippen LogP contribution in [0.5, 0.6) is 0 Å². The van der Waals surface area contributed by atoms with Gasteiger partial charge in [0.2, 0.25) is 0 Å². The van der Waals surface area contributed by atoms with Crippen molar-refractivity contribution in [3.63, 3.8) is 0 Å². The molecule has 0 fully saturated rings. The van der Waals surface area contributed by atoms with Gasteiger partial charge in [-0.1, -0.05) is 38.8 Å². The minimum atomic E-state index is 0.449. The second-order valence-corrected chi connectivity index (χ2v) is 5.61. The zero-order valence-corrected chi connectivity index (χ0v) is 12.9. The summed E-state index contributed by atoms with van der Waals surface area (Å²) in [4.78, 5) is 0. The van der Waals surface area contributed by atoms with Gasteiger partial charge < -0.3 is 5.32 Å². The Kier molecular flexibility index (Phi) is 5.87. The zero-order valence-electron chi connectivity index (χ0n) is 12.9. The summed E-state index contributed by atoms with van der Waals surface area (Å²) in [7, 11) is 0. The van der Waals surface area contributed by atoms with Crippen molar-refractivity contribution in [1.29, 1.82) is 0 Å². The van der Waals surface area contributed by atoms with Gasteiger partial charge in [-0.3, -0.25) is 0 Å². The monoisotopic (exact) mass is 247 g/mol. The van der Waals surface area contributed by atoms with Crippen LogP contribution in [-0.2, 0) is 0 Å². The van der Waals surface area contributed by atoms with Gasteiger partial charge in [0.1, 0.15) is 0 Å². The van der Waals surface area contributed by atoms with Crippen LogP contribution >= 0.6 is 0 Å². The minimum absolute atomic E-state index is 0.449. The van der Waals surface area contributed by atoms with Crippen LogP contribution in [0.3, 0.4) is 0 Å². The SMILES string of the molecule is CCC(CC)CNC(C)c1cc(C)c(C)cc1C. The predicted molar refractivity (Wildman–Crippen MR) is 81.1 cm³/mol. The third-order valence-electron chi connectivity index (χ3n) is 4.22. The van der Waals surface area contributed by atoms with Gasteiger partial charge in [0.05, 0.1) is 0 Å². The molecule has 0 aliphatic heterocycles. The lowest BCUT2D eigenvalue weighted by Gasteiger charge is -2.21. The number of hydrogen-bond donors (Lipinski definition) is 1. The van der Waals surface area contributed by atoms with Crippen LogP contribution < -0.4 is 5.32 Å². The Labute approximate surface area is 113 Å². The third-order valence-corrected chi connectivity index (χ3v) is 4.22. The maximum atomic E-state index is 3.69. The molecule has 0 heterocycles. The van der Waals surface area contributed by atoms with Gasteiger partial charge in [0.15, 0.2) is 0 Å². The van der Waals surface area contributed by atoms with Crippen LogP contribution in [0.15, 0.2) is 12.1 Å². The summed E-state index contributed by atoms with van der Waals surface area (Å²) in [5, 5.41) is 3.69. The maximum Gasteiger partial charge on any atom is 0.0294 e. The molecule has 1 nitrogen and oxygen atoms in total. The normalized spacial score (nSPS) is 13.1. The Bertz CT molecular complexity index is 377. The van der Waals surface area contributed by atoms with Crippen molar-refractivity contribution in [3.05, 3.63) is 34.4 Å². The third kappa shape index (κ3) is 3.84. The molecule has 1 aromatic rings. The van der Waals surface area contributed by atoms with E-state index in [9.17, 15) is 0 Å². The molecule has 1 rings (SSSR count). The lowest BCUT2D eigenvalue weighted by molar-refractivity contribution is 0.422. The first-order valence-electron chi connectivity index (χ1n) is 7.30. The first-order valence-corrected chi connectivity index (χ1v) is 7.30. The molecule has 0 bridgehead atoms. The molecule has 102 valence electrons. The standard InChI is InChI=1S/C17H29N/c1-7-16(8-2)11-18-15(6)17-10-13(4)12(3)9-14(17)5/h9-10,15-16,18H,7-8,11H2,1-6H3. The van der Waals surface area contributed by atoms with E-state index in [0.717, 1.165) is 12.5 Å². The van der Waals surface area contributed by atoms with Crippen LogP contribution in [0.1, 0.15) is 61.9 Å². The second-order valence-electron chi connectivity index (χ2n) is 5.61. The Morgan fingerprint density at radius 1 is 0.944 bits per heavy atom. The summed E-state index contributed by atoms with van der Waals surface area (Å²) in [6.45, 7) is 14.6. The van der Waals surface area contributed by atoms with Crippen LogP contribution in [0.4, 0.5) is 0 Å². The highest BCUT2D eigenvalue weighted by Gasteiger charge is 2.11. The predicted octanol–water partition coefficient (Wildman–Crippen LogP) is 4.70. The van der Waals surface area contributed by atoms with Crippen LogP contribution in [-0.4, -0.2) is 6.54 Å². The average molecular weight is 247 g/mol. The highest BCUT2D eigenvalue weighted by atomic mass is 14.9. The molecule has 1 unspecified atom stereocenters. The molecule has 18 heavy (non-hydrogen) atoms. The highest BCUT2D eigenvalue weighted by Crippen LogP contribution is 2.22. The maximum absolute atomic E-state index is 3.69. The molecule has 0 radical (unpaired) electrons. The molecule has 0 aliphatic carbocycles. The summed E-state index contributed by atoms with van der Waals surface area (Å²) in [5.41, 5.74) is 5.64. The topological polar surface area (TPSA) is 12.0 Å². The molecule has 1 aromatic carbocycles. The Morgan fingerprint density at radius 2 is 1.50 bits per heavy atom. The van der Waals surface area contributed by atoms with Gasteiger partial charge in [0, 0.05) is 6.04 Å². The van der Waals surface area contributed by atoms with Crippen molar-refractivity contribution >= 4 is 0 Å². The van der Waals surface area contributed by atoms with Crippen molar-refractivity contribution in [1.82, 2.24) is 5.32 Å². The van der Waals surface area contributed by atoms with Gasteiger partial charge in [-0.2, -0.15) is 0 Å². The molecule has 0 aliphatic rings. The lowest BCUT2D eigenvalue weighted by atomic mass is 9.96. The lowest BCUT2D eigenvalue weighted by Crippen LogP contribution is -2.25. The molecule has 1 N–H and O–H groups in total. The van der Waals surface area contributed by atoms with Crippen LogP contribution in [0, 0.1) is 26.7 Å². The Balaban J connectivity index is 2.72. The number of nitrogens with one attached hydrogen (secondary N) is 1. The molecule has 0 aromatic heterocycles. The fourth-order valence-electron chi connectivity index (χ4n) is 2.48. The van der Waals surface area contributed by atoms with Gasteiger partial charge in [-0.15, -0.1) is 0 Å². The molecule has 0 spiro atoms. The van der Waals surface area contributed by atoms with Crippen LogP contribution in [0.2, 0.25) is 0 Å². The largest absolute Gasteiger partial charge is 0.310 e. The number of rotatable bonds is 6. The summed E-state index contributed by atoms with van der Waals surface area (Å²) in [5.74, 6) is 0.805. The van der Waals surface area contributed by atoms with Gasteiger partial charge in [0.25, 0.3) is 0 Å². The minimum Gasteiger partial charge on any atom is -0.310 e. The second kappa shape index (κ2) is 6.94. The van der Waals surface area contributed by atoms with Crippen molar-refractivity contribution in [3.8, 4) is 0 Å². The van der Waals surface area contributed by atoms with E-state index < -0.39 is 0 Å². The van der Waals surface area contributed by atoms with Crippen molar-refractivity contribution in [2.24, 2.45) is 5.92 Å². The summed E-state index contributed by atoms with van der Waals surface area (Å²) in [6, 6.07) is 5.10. The van der Waals surface area contributed by atoms with Gasteiger partial charge in [-0.05, 0) is 62.4 Å². The van der Waals surface area contributed by atoms with Crippen molar-refractivity contribution < 1.29 is 0 Å². The van der Waals surface area contributed by atoms with E-state index in [1.807, 2.05) is 0 Å². The van der Waals surface area contributed by atoms with Crippen molar-refractivity contribution in [2.45, 2.75) is 60.4 Å². The average Bonchev–Trinajstić information content (AvgIpc) is 2.34. The zero-order chi connectivity index (χ0) is 13.7. The summed E-state index contributed by atoms with van der Waals surface area (Å²) < 4.78 is 0. The number of aryl methyl sites for hydroxylation is 3. The van der Waals surface area contributed by atoms with Gasteiger partial charge >= 0.3 is 0 Å². The highest BCUT2D eigenvalue weighted by molar-refractivity contribution is 5.37. The first-order chi connectivity index (χ1) is 8.49. The first kappa shape index (κ1) is 15.2. The van der Waals surface area contributed by atoms with E-state index in [0.29, 0.717) is 6.04 Å². The fourth-order valence-corrected chi connectivity index (χ4v) is 2.48. The Hall–Kier alpha value is -0.820. The van der Waals surface area contributed by atoms with E-state index in [1.54, 1.807) is 0 Å². The van der Waals surface area contributed by atoms with Crippen LogP contribution in [0.25, 0.3) is 0 Å². The van der Waals surface area contributed by atoms with E-state index in [4.69, 9.17) is 0 Å². The van der Waals surface area contributed by atoms with Gasteiger partial charge in [-0.25, -0.2) is 0 Å². The van der Waals surface area contributed by atoms with E-state index in [2.05, 4.69) is 59.0 Å². The molecular formula is C17H29N. The van der Waals surface area contributed by atoms with E-state index >= 15 is 0 Å². The van der Waals surface area contributed by atoms with E-state index in [-0.39, 0.29) is 0 Å². The fraction of sp³-hybridized carbons (Fsp3) is 0.647. The molecule has 0 amide bonds. The van der Waals surface area contributed by atoms with E-state index in [1.165, 1.54) is 35.1 Å². The molecule has 1 heteroatoms. The molecule has 0 saturated carbocycles. The smallest absolute Gasteiger partial charge is 0.0294 e. The molecule has 1 atom stereocenters. The number of hydrogen-bond acceptors (Lipinski definition) is 1. The summed E-state index contributed by atoms with van der Waals surface area (Å²) >= 11 is 0. The Morgan fingerprint density at radius 3 is 2.06 bits per heavy atom. The molecular weight excluding hydrogens is 218 g/mol. The summed E-state index contributed by atoms with van der Waals surface area (Å²) in [6.07, 6.45) is 2.53. The quantitative estimate of drug-likeness (QED) is 0.768. The molecule has 0 saturated heterocycles.